The van der Waals surface area contributed by atoms with Crippen LogP contribution >= 0.6 is 0 Å². The Morgan fingerprint density at radius 1 is 0.855 bits per heavy atom. The Labute approximate surface area is 324 Å². The molecule has 0 saturated carbocycles. The lowest BCUT2D eigenvalue weighted by atomic mass is 9.96. The van der Waals surface area contributed by atoms with E-state index in [1.165, 1.54) is 0 Å². The van der Waals surface area contributed by atoms with Gasteiger partial charge in [-0.25, -0.2) is 0 Å². The van der Waals surface area contributed by atoms with Crippen LogP contribution < -0.4 is 43.4 Å². The average Bonchev–Trinajstić information content (AvgIpc) is 3.70. The molecule has 310 valence electrons. The summed E-state index contributed by atoms with van der Waals surface area (Å²) >= 11 is 0. The summed E-state index contributed by atoms with van der Waals surface area (Å²) in [6.07, 6.45) is 3.38. The number of nitrogens with one attached hydrogen (secondary N) is 6. The minimum Gasteiger partial charge on any atom is -0.394 e. The molecule has 1 aromatic carbocycles. The van der Waals surface area contributed by atoms with Crippen molar-refractivity contribution in [1.29, 1.82) is 0 Å². The fourth-order valence-corrected chi connectivity index (χ4v) is 5.58. The normalized spacial score (nSPS) is 17.5. The number of aliphatic hydroxyl groups is 2. The first-order valence-corrected chi connectivity index (χ1v) is 19.0. The van der Waals surface area contributed by atoms with E-state index in [4.69, 9.17) is 16.6 Å². The summed E-state index contributed by atoms with van der Waals surface area (Å²) in [4.78, 5) is 85.0. The summed E-state index contributed by atoms with van der Waals surface area (Å²) in [6.45, 7) is 11.2. The summed E-state index contributed by atoms with van der Waals surface area (Å²) in [7, 11) is 0. The van der Waals surface area contributed by atoms with E-state index in [-0.39, 0.29) is 48.6 Å². The summed E-state index contributed by atoms with van der Waals surface area (Å²) in [6, 6.07) is 3.61. The molecule has 2 rings (SSSR count). The Hall–Kier alpha value is -4.45. The van der Waals surface area contributed by atoms with Gasteiger partial charge in [0.25, 0.3) is 0 Å². The monoisotopic (exact) mass is 776 g/mol. The van der Waals surface area contributed by atoms with Crippen molar-refractivity contribution in [2.75, 3.05) is 19.8 Å². The number of hydrogen-bond donors (Lipinski definition) is 10. The summed E-state index contributed by atoms with van der Waals surface area (Å²) in [5, 5.41) is 35.0. The van der Waals surface area contributed by atoms with Crippen LogP contribution in [0, 0.1) is 17.8 Å². The van der Waals surface area contributed by atoms with Crippen LogP contribution in [0.5, 0.6) is 0 Å². The minimum absolute atomic E-state index is 0.000500. The molecule has 17 nitrogen and oxygen atoms in total. The Balaban J connectivity index is 0.000000596. The van der Waals surface area contributed by atoms with E-state index in [1.54, 1.807) is 0 Å². The molecule has 6 amide bonds. The van der Waals surface area contributed by atoms with Gasteiger partial charge in [0.15, 0.2) is 0 Å². The summed E-state index contributed by atoms with van der Waals surface area (Å²) in [5.74, 6) is -3.33. The second-order valence-electron chi connectivity index (χ2n) is 14.7. The molecular formula is C38H64N8O9. The molecule has 12 N–H and O–H groups in total. The van der Waals surface area contributed by atoms with Crippen LogP contribution in [-0.4, -0.2) is 114 Å². The fourth-order valence-electron chi connectivity index (χ4n) is 5.58. The van der Waals surface area contributed by atoms with E-state index in [2.05, 4.69) is 31.9 Å². The van der Waals surface area contributed by atoms with Gasteiger partial charge in [-0.15, -0.1) is 0 Å². The molecule has 0 bridgehead atoms. The predicted molar refractivity (Wildman–Crippen MR) is 207 cm³/mol. The van der Waals surface area contributed by atoms with Crippen molar-refractivity contribution < 1.29 is 43.8 Å². The topological polar surface area (TPSA) is 284 Å². The zero-order chi connectivity index (χ0) is 41.7. The average molecular weight is 777 g/mol. The molecule has 1 aromatic rings. The Morgan fingerprint density at radius 2 is 1.47 bits per heavy atom. The maximum atomic E-state index is 12.9. The molecule has 1 aliphatic rings. The second-order valence-corrected chi connectivity index (χ2v) is 14.7. The second kappa shape index (κ2) is 25.6. The van der Waals surface area contributed by atoms with Gasteiger partial charge in [-0.3, -0.25) is 28.8 Å². The van der Waals surface area contributed by atoms with Gasteiger partial charge < -0.3 is 58.4 Å². The molecule has 8 atom stereocenters. The fraction of sp³-hybridized carbons (Fsp3) is 0.658. The van der Waals surface area contributed by atoms with E-state index in [0.29, 0.717) is 6.42 Å². The van der Waals surface area contributed by atoms with E-state index < -0.39 is 72.9 Å². The molecular weight excluding hydrogens is 712 g/mol. The van der Waals surface area contributed by atoms with Gasteiger partial charge in [0.2, 0.25) is 35.4 Å². The Morgan fingerprint density at radius 3 is 1.96 bits per heavy atom. The van der Waals surface area contributed by atoms with Crippen molar-refractivity contribution in [2.45, 2.75) is 122 Å². The van der Waals surface area contributed by atoms with Crippen LogP contribution in [0.15, 0.2) is 30.3 Å². The van der Waals surface area contributed by atoms with E-state index >= 15 is 0 Å². The smallest absolute Gasteiger partial charge is 0.243 e. The number of carbonyl (C=O) groups excluding carboxylic acids is 7. The highest BCUT2D eigenvalue weighted by Crippen LogP contribution is 2.12. The van der Waals surface area contributed by atoms with Gasteiger partial charge in [-0.05, 0) is 55.5 Å². The lowest BCUT2D eigenvalue weighted by Crippen LogP contribution is -2.58. The zero-order valence-electron chi connectivity index (χ0n) is 33.0. The molecule has 0 spiro atoms. The lowest BCUT2D eigenvalue weighted by Gasteiger charge is -2.27. The number of benzene rings is 1. The van der Waals surface area contributed by atoms with Crippen LogP contribution in [0.3, 0.4) is 0 Å². The molecule has 0 unspecified atom stereocenters. The lowest BCUT2D eigenvalue weighted by molar-refractivity contribution is -0.134. The molecule has 17 heteroatoms. The third-order valence-corrected chi connectivity index (χ3v) is 9.15. The third-order valence-electron chi connectivity index (χ3n) is 9.15. The van der Waals surface area contributed by atoms with Crippen molar-refractivity contribution in [1.82, 2.24) is 31.9 Å². The van der Waals surface area contributed by atoms with Gasteiger partial charge in [0.1, 0.15) is 30.5 Å². The molecule has 1 heterocycles. The minimum atomic E-state index is -1.31. The third kappa shape index (κ3) is 18.2. The maximum absolute atomic E-state index is 12.9. The Bertz CT molecular complexity index is 1370. The number of aldehydes is 1. The van der Waals surface area contributed by atoms with Crippen LogP contribution in [-0.2, 0) is 40.0 Å². The van der Waals surface area contributed by atoms with Gasteiger partial charge in [0.05, 0.1) is 37.8 Å². The number of rotatable bonds is 22. The maximum Gasteiger partial charge on any atom is 0.243 e. The van der Waals surface area contributed by atoms with E-state index in [9.17, 15) is 38.7 Å². The predicted octanol–water partition coefficient (Wildman–Crippen LogP) is -1.47. The SMILES string of the molecule is CC(C)C[C@H](NC(=O)[C@@H](N)CO)C(=O)N[C@@H](CC(N)=O)C(=O)N[C@H](CO)Cc1ccccc1.CC[C@H](C)[C@H](NC(=O)[C@@H]1CCCN1)C(=O)N[C@H](C=O)C(C)C. The zero-order valence-corrected chi connectivity index (χ0v) is 33.0. The molecule has 1 fully saturated rings. The van der Waals surface area contributed by atoms with Crippen molar-refractivity contribution in [3.05, 3.63) is 35.9 Å². The highest BCUT2D eigenvalue weighted by molar-refractivity contribution is 5.95. The van der Waals surface area contributed by atoms with Crippen molar-refractivity contribution in [3.63, 3.8) is 0 Å². The molecule has 1 aliphatic heterocycles. The quantitative estimate of drug-likeness (QED) is 0.0607. The van der Waals surface area contributed by atoms with Crippen LogP contribution in [0.4, 0.5) is 0 Å². The molecule has 55 heavy (non-hydrogen) atoms. The molecule has 0 aliphatic carbocycles. The highest BCUT2D eigenvalue weighted by Gasteiger charge is 2.32. The van der Waals surface area contributed by atoms with Gasteiger partial charge in [0, 0.05) is 0 Å². The molecule has 0 radical (unpaired) electrons. The van der Waals surface area contributed by atoms with Crippen LogP contribution in [0.2, 0.25) is 0 Å². The highest BCUT2D eigenvalue weighted by atomic mass is 16.3. The number of amides is 6. The van der Waals surface area contributed by atoms with Crippen molar-refractivity contribution in [3.8, 4) is 0 Å². The largest absolute Gasteiger partial charge is 0.394 e. The molecule has 0 aromatic heterocycles. The Kier molecular flexibility index (Phi) is 22.6. The van der Waals surface area contributed by atoms with Crippen molar-refractivity contribution in [2.24, 2.45) is 29.2 Å². The number of nitrogens with two attached hydrogens (primary N) is 2. The van der Waals surface area contributed by atoms with Crippen molar-refractivity contribution >= 4 is 41.7 Å². The van der Waals surface area contributed by atoms with E-state index in [0.717, 1.165) is 37.7 Å². The number of primary amides is 1. The standard InChI is InChI=1S/C22H35N5O6.C16H29N3O3/c1-13(2)8-17(26-20(31)16(23)12-29)22(33)27-18(10-19(24)30)21(32)25-15(11-28)9-14-6-4-3-5-7-14;1-5-11(4)14(16(22)18-13(9-20)10(2)3)19-15(21)12-7-6-8-17-12/h3-7,13,15-18,28-29H,8-12,23H2,1-2H3,(H2,24,30)(H,25,32)(H,26,31)(H,27,33);9-14,17H,5-8H2,1-4H3,(H,18,22)(H,19,21)/t15-,16-,17-,18-;11-,12-,13+,14-/m00/s1. The molecule has 1 saturated heterocycles. The number of hydrogen-bond acceptors (Lipinski definition) is 11. The van der Waals surface area contributed by atoms with Crippen LogP contribution in [0.25, 0.3) is 0 Å². The van der Waals surface area contributed by atoms with Gasteiger partial charge in [-0.1, -0.05) is 78.3 Å². The van der Waals surface area contributed by atoms with Gasteiger partial charge in [-0.2, -0.15) is 0 Å². The first-order chi connectivity index (χ1) is 26.0. The van der Waals surface area contributed by atoms with Gasteiger partial charge >= 0.3 is 0 Å². The summed E-state index contributed by atoms with van der Waals surface area (Å²) < 4.78 is 0. The first kappa shape index (κ1) is 48.6. The number of aliphatic hydroxyl groups excluding tert-OH is 2. The van der Waals surface area contributed by atoms with E-state index in [1.807, 2.05) is 71.9 Å². The number of carbonyl (C=O) groups is 7. The summed E-state index contributed by atoms with van der Waals surface area (Å²) in [5.41, 5.74) is 11.6. The first-order valence-electron chi connectivity index (χ1n) is 19.0. The van der Waals surface area contributed by atoms with Crippen LogP contribution in [0.1, 0.15) is 79.2 Å².